The summed E-state index contributed by atoms with van der Waals surface area (Å²) in [5, 5.41) is -0.248. The predicted molar refractivity (Wildman–Crippen MR) is 92.5 cm³/mol. The summed E-state index contributed by atoms with van der Waals surface area (Å²) in [6.45, 7) is 9.90. The van der Waals surface area contributed by atoms with E-state index in [1.807, 2.05) is 46.8 Å². The summed E-state index contributed by atoms with van der Waals surface area (Å²) in [7, 11) is -3.78. The Morgan fingerprint density at radius 1 is 1.13 bits per heavy atom. The number of anilines is 1. The van der Waals surface area contributed by atoms with Gasteiger partial charge in [0.1, 0.15) is 0 Å². The summed E-state index contributed by atoms with van der Waals surface area (Å²) in [4.78, 5) is 0. The van der Waals surface area contributed by atoms with Crippen molar-refractivity contribution < 1.29 is 17.7 Å². The van der Waals surface area contributed by atoms with E-state index in [1.165, 1.54) is 0 Å². The van der Waals surface area contributed by atoms with Crippen LogP contribution in [0.15, 0.2) is 18.2 Å². The zero-order valence-electron chi connectivity index (χ0n) is 14.3. The molecule has 0 amide bonds. The molecule has 0 bridgehead atoms. The van der Waals surface area contributed by atoms with Crippen molar-refractivity contribution >= 4 is 28.3 Å². The predicted octanol–water partition coefficient (Wildman–Crippen LogP) is 2.20. The Balaban J connectivity index is 1.89. The SMILES string of the molecule is Cc1c(NS(=O)(=O)C2CC2)cccc1B1OC(C)(C)C(C)(C)O1. The van der Waals surface area contributed by atoms with Crippen molar-refractivity contribution in [2.45, 2.75) is 63.9 Å². The van der Waals surface area contributed by atoms with Crippen molar-refractivity contribution in [3.63, 3.8) is 0 Å². The Kier molecular flexibility index (Phi) is 3.82. The first-order valence-electron chi connectivity index (χ1n) is 8.00. The van der Waals surface area contributed by atoms with Gasteiger partial charge in [-0.3, -0.25) is 4.72 Å². The van der Waals surface area contributed by atoms with Crippen LogP contribution in [0.1, 0.15) is 46.1 Å². The highest BCUT2D eigenvalue weighted by molar-refractivity contribution is 7.93. The standard InChI is InChI=1S/C16H24BNO4S/c1-11-13(17-21-15(2,3)16(4,5)22-17)7-6-8-14(11)18-23(19,20)12-9-10-12/h6-8,12,18H,9-10H2,1-5H3. The third-order valence-corrected chi connectivity index (χ3v) is 6.95. The number of hydrogen-bond acceptors (Lipinski definition) is 4. The van der Waals surface area contributed by atoms with E-state index in [0.717, 1.165) is 23.9 Å². The van der Waals surface area contributed by atoms with Crippen LogP contribution in [0.3, 0.4) is 0 Å². The van der Waals surface area contributed by atoms with Gasteiger partial charge in [-0.05, 0) is 64.6 Å². The van der Waals surface area contributed by atoms with Crippen LogP contribution in [0, 0.1) is 6.92 Å². The molecule has 2 fully saturated rings. The minimum absolute atomic E-state index is 0.248. The van der Waals surface area contributed by atoms with E-state index in [9.17, 15) is 8.42 Å². The molecule has 0 atom stereocenters. The molecule has 0 spiro atoms. The summed E-state index contributed by atoms with van der Waals surface area (Å²) in [6, 6.07) is 5.54. The molecule has 0 unspecified atom stereocenters. The van der Waals surface area contributed by atoms with Gasteiger partial charge in [-0.25, -0.2) is 8.42 Å². The molecule has 1 heterocycles. The van der Waals surface area contributed by atoms with E-state index in [0.29, 0.717) is 5.69 Å². The quantitative estimate of drug-likeness (QED) is 0.856. The zero-order chi connectivity index (χ0) is 17.0. The van der Waals surface area contributed by atoms with E-state index in [-0.39, 0.29) is 5.25 Å². The van der Waals surface area contributed by atoms with Crippen LogP contribution in [0.4, 0.5) is 5.69 Å². The molecule has 23 heavy (non-hydrogen) atoms. The van der Waals surface area contributed by atoms with Gasteiger partial charge in [0.05, 0.1) is 22.1 Å². The van der Waals surface area contributed by atoms with E-state index >= 15 is 0 Å². The molecule has 1 N–H and O–H groups in total. The van der Waals surface area contributed by atoms with Crippen molar-refractivity contribution in [3.8, 4) is 0 Å². The molecule has 3 rings (SSSR count). The highest BCUT2D eigenvalue weighted by Gasteiger charge is 2.52. The van der Waals surface area contributed by atoms with Gasteiger partial charge in [-0.1, -0.05) is 12.1 Å². The van der Waals surface area contributed by atoms with Gasteiger partial charge < -0.3 is 9.31 Å². The van der Waals surface area contributed by atoms with Crippen molar-refractivity contribution in [1.29, 1.82) is 0 Å². The maximum absolute atomic E-state index is 12.2. The molecule has 1 aromatic rings. The summed E-state index contributed by atoms with van der Waals surface area (Å²) in [6.07, 6.45) is 1.48. The van der Waals surface area contributed by atoms with Crippen LogP contribution >= 0.6 is 0 Å². The van der Waals surface area contributed by atoms with Gasteiger partial charge in [0.25, 0.3) is 0 Å². The fourth-order valence-corrected chi connectivity index (χ4v) is 4.06. The maximum Gasteiger partial charge on any atom is 0.495 e. The zero-order valence-corrected chi connectivity index (χ0v) is 15.2. The smallest absolute Gasteiger partial charge is 0.399 e. The molecule has 5 nitrogen and oxygen atoms in total. The van der Waals surface area contributed by atoms with Crippen molar-refractivity contribution in [2.24, 2.45) is 0 Å². The topological polar surface area (TPSA) is 64.6 Å². The highest BCUT2D eigenvalue weighted by atomic mass is 32.2. The highest BCUT2D eigenvalue weighted by Crippen LogP contribution is 2.37. The molecule has 7 heteroatoms. The Labute approximate surface area is 138 Å². The largest absolute Gasteiger partial charge is 0.495 e. The van der Waals surface area contributed by atoms with Crippen molar-refractivity contribution in [1.82, 2.24) is 0 Å². The molecule has 1 saturated carbocycles. The van der Waals surface area contributed by atoms with E-state index < -0.39 is 28.3 Å². The van der Waals surface area contributed by atoms with E-state index in [1.54, 1.807) is 6.07 Å². The minimum Gasteiger partial charge on any atom is -0.399 e. The molecular formula is C16H24BNO4S. The number of rotatable bonds is 4. The van der Waals surface area contributed by atoms with Crippen LogP contribution in [0.5, 0.6) is 0 Å². The van der Waals surface area contributed by atoms with E-state index in [4.69, 9.17) is 9.31 Å². The minimum atomic E-state index is -3.28. The number of sulfonamides is 1. The molecule has 1 aliphatic carbocycles. The van der Waals surface area contributed by atoms with Crippen LogP contribution < -0.4 is 10.2 Å². The normalized spacial score (nSPS) is 23.1. The third kappa shape index (κ3) is 3.02. The first-order chi connectivity index (χ1) is 10.5. The third-order valence-electron chi connectivity index (χ3n) is 5.10. The second-order valence-corrected chi connectivity index (χ2v) is 9.42. The lowest BCUT2D eigenvalue weighted by molar-refractivity contribution is 0.00578. The summed E-state index contributed by atoms with van der Waals surface area (Å²) < 4.78 is 39.2. The summed E-state index contributed by atoms with van der Waals surface area (Å²) in [5.74, 6) is 0. The molecular weight excluding hydrogens is 313 g/mol. The summed E-state index contributed by atoms with van der Waals surface area (Å²) in [5.41, 5.74) is 1.46. The van der Waals surface area contributed by atoms with Crippen molar-refractivity contribution in [3.05, 3.63) is 23.8 Å². The Hall–Kier alpha value is -1.05. The Morgan fingerprint density at radius 3 is 2.22 bits per heavy atom. The molecule has 1 saturated heterocycles. The first-order valence-corrected chi connectivity index (χ1v) is 9.55. The Morgan fingerprint density at radius 2 is 1.70 bits per heavy atom. The second-order valence-electron chi connectivity index (χ2n) is 7.45. The number of hydrogen-bond donors (Lipinski definition) is 1. The lowest BCUT2D eigenvalue weighted by Gasteiger charge is -2.32. The number of benzene rings is 1. The molecule has 2 aliphatic rings. The average Bonchev–Trinajstić information content (AvgIpc) is 3.21. The fraction of sp³-hybridized carbons (Fsp3) is 0.625. The van der Waals surface area contributed by atoms with Gasteiger partial charge in [0, 0.05) is 0 Å². The van der Waals surface area contributed by atoms with Gasteiger partial charge >= 0.3 is 7.12 Å². The monoisotopic (exact) mass is 337 g/mol. The van der Waals surface area contributed by atoms with Crippen LogP contribution in [0.25, 0.3) is 0 Å². The van der Waals surface area contributed by atoms with Crippen LogP contribution in [-0.2, 0) is 19.3 Å². The lowest BCUT2D eigenvalue weighted by atomic mass is 9.76. The molecule has 1 aliphatic heterocycles. The second kappa shape index (κ2) is 5.23. The molecule has 0 aromatic heterocycles. The molecule has 0 radical (unpaired) electrons. The molecule has 1 aromatic carbocycles. The fourth-order valence-electron chi connectivity index (χ4n) is 2.60. The molecule has 126 valence electrons. The van der Waals surface area contributed by atoms with Crippen LogP contribution in [-0.4, -0.2) is 32.0 Å². The summed E-state index contributed by atoms with van der Waals surface area (Å²) >= 11 is 0. The van der Waals surface area contributed by atoms with Crippen molar-refractivity contribution in [2.75, 3.05) is 4.72 Å². The van der Waals surface area contributed by atoms with Gasteiger partial charge in [0.2, 0.25) is 10.0 Å². The van der Waals surface area contributed by atoms with E-state index in [2.05, 4.69) is 4.72 Å². The van der Waals surface area contributed by atoms with Gasteiger partial charge in [-0.2, -0.15) is 0 Å². The van der Waals surface area contributed by atoms with Gasteiger partial charge in [-0.15, -0.1) is 0 Å². The Bertz CT molecular complexity index is 710. The number of nitrogens with one attached hydrogen (secondary N) is 1. The van der Waals surface area contributed by atoms with Crippen LogP contribution in [0.2, 0.25) is 0 Å². The average molecular weight is 337 g/mol. The first kappa shape index (κ1) is 16.8. The maximum atomic E-state index is 12.2. The lowest BCUT2D eigenvalue weighted by Crippen LogP contribution is -2.41. The van der Waals surface area contributed by atoms with Gasteiger partial charge in [0.15, 0.2) is 0 Å².